The van der Waals surface area contributed by atoms with Gasteiger partial charge in [-0.1, -0.05) is 12.1 Å². The normalized spacial score (nSPS) is 19.5. The van der Waals surface area contributed by atoms with Crippen molar-refractivity contribution in [1.29, 1.82) is 0 Å². The van der Waals surface area contributed by atoms with E-state index in [4.69, 9.17) is 9.47 Å². The summed E-state index contributed by atoms with van der Waals surface area (Å²) in [5.74, 6) is 0.733. The Morgan fingerprint density at radius 3 is 3.12 bits per heavy atom. The maximum absolute atomic E-state index is 9.88. The molecule has 0 amide bonds. The number of hydrogen-bond donors (Lipinski definition) is 2. The van der Waals surface area contributed by atoms with Crippen LogP contribution in [0.5, 0.6) is 11.5 Å². The number of ether oxygens (including phenoxy) is 2. The standard InChI is InChI=1S/C13H19NO3/c1-16-12-6-2-4-10(13(12)15)8-14-9-11-5-3-7-17-11/h2,4,6,11,14-15H,3,5,7-9H2,1H3. The van der Waals surface area contributed by atoms with Crippen molar-refractivity contribution in [1.82, 2.24) is 5.32 Å². The molecule has 0 bridgehead atoms. The van der Waals surface area contributed by atoms with Crippen LogP contribution in [0.1, 0.15) is 18.4 Å². The molecule has 0 aromatic heterocycles. The van der Waals surface area contributed by atoms with Crippen molar-refractivity contribution >= 4 is 0 Å². The fraction of sp³-hybridized carbons (Fsp3) is 0.538. The van der Waals surface area contributed by atoms with Crippen LogP contribution in [-0.4, -0.2) is 31.5 Å². The van der Waals surface area contributed by atoms with Crippen LogP contribution in [0.15, 0.2) is 18.2 Å². The molecule has 2 rings (SSSR count). The van der Waals surface area contributed by atoms with Gasteiger partial charge in [0.2, 0.25) is 0 Å². The fourth-order valence-electron chi connectivity index (χ4n) is 2.05. The van der Waals surface area contributed by atoms with Gasteiger partial charge in [-0.2, -0.15) is 0 Å². The average Bonchev–Trinajstić information content (AvgIpc) is 2.84. The van der Waals surface area contributed by atoms with E-state index in [-0.39, 0.29) is 5.75 Å². The Labute approximate surface area is 102 Å². The van der Waals surface area contributed by atoms with Gasteiger partial charge in [-0.25, -0.2) is 0 Å². The number of phenolic OH excluding ortho intramolecular Hbond substituents is 1. The summed E-state index contributed by atoms with van der Waals surface area (Å²) in [5, 5.41) is 13.2. The van der Waals surface area contributed by atoms with E-state index in [1.54, 1.807) is 13.2 Å². The van der Waals surface area contributed by atoms with Gasteiger partial charge >= 0.3 is 0 Å². The van der Waals surface area contributed by atoms with Gasteiger partial charge in [0, 0.05) is 25.3 Å². The first-order valence-electron chi connectivity index (χ1n) is 5.98. The largest absolute Gasteiger partial charge is 0.504 e. The van der Waals surface area contributed by atoms with Crippen LogP contribution in [-0.2, 0) is 11.3 Å². The first-order chi connectivity index (χ1) is 8.31. The lowest BCUT2D eigenvalue weighted by atomic mass is 10.1. The maximum atomic E-state index is 9.88. The molecule has 0 spiro atoms. The van der Waals surface area contributed by atoms with E-state index in [1.807, 2.05) is 12.1 Å². The molecule has 1 atom stereocenters. The zero-order valence-corrected chi connectivity index (χ0v) is 10.1. The second kappa shape index (κ2) is 5.89. The molecular weight excluding hydrogens is 218 g/mol. The smallest absolute Gasteiger partial charge is 0.162 e. The third kappa shape index (κ3) is 3.11. The molecule has 1 fully saturated rings. The monoisotopic (exact) mass is 237 g/mol. The highest BCUT2D eigenvalue weighted by molar-refractivity contribution is 5.45. The summed E-state index contributed by atoms with van der Waals surface area (Å²) in [6, 6.07) is 5.51. The summed E-state index contributed by atoms with van der Waals surface area (Å²) in [4.78, 5) is 0. The number of phenols is 1. The molecule has 0 radical (unpaired) electrons. The van der Waals surface area contributed by atoms with Crippen LogP contribution >= 0.6 is 0 Å². The van der Waals surface area contributed by atoms with E-state index in [9.17, 15) is 5.11 Å². The van der Waals surface area contributed by atoms with Crippen molar-refractivity contribution < 1.29 is 14.6 Å². The van der Waals surface area contributed by atoms with E-state index in [2.05, 4.69) is 5.32 Å². The average molecular weight is 237 g/mol. The lowest BCUT2D eigenvalue weighted by Crippen LogP contribution is -2.25. The highest BCUT2D eigenvalue weighted by Crippen LogP contribution is 2.29. The van der Waals surface area contributed by atoms with Crippen LogP contribution in [0.2, 0.25) is 0 Å². The SMILES string of the molecule is COc1cccc(CNCC2CCCO2)c1O. The number of benzene rings is 1. The highest BCUT2D eigenvalue weighted by atomic mass is 16.5. The Kier molecular flexibility index (Phi) is 4.23. The van der Waals surface area contributed by atoms with Crippen molar-refractivity contribution in [3.8, 4) is 11.5 Å². The molecule has 1 saturated heterocycles. The Hall–Kier alpha value is -1.26. The first kappa shape index (κ1) is 12.2. The summed E-state index contributed by atoms with van der Waals surface area (Å²) in [7, 11) is 1.55. The molecule has 1 aromatic rings. The lowest BCUT2D eigenvalue weighted by molar-refractivity contribution is 0.110. The number of hydrogen-bond acceptors (Lipinski definition) is 4. The minimum Gasteiger partial charge on any atom is -0.504 e. The summed E-state index contributed by atoms with van der Waals surface area (Å²) in [5.41, 5.74) is 0.849. The predicted octanol–water partition coefficient (Wildman–Crippen LogP) is 1.67. The minimum atomic E-state index is 0.217. The van der Waals surface area contributed by atoms with E-state index >= 15 is 0 Å². The van der Waals surface area contributed by atoms with Gasteiger partial charge < -0.3 is 19.9 Å². The molecule has 0 saturated carbocycles. The quantitative estimate of drug-likeness (QED) is 0.818. The van der Waals surface area contributed by atoms with Gasteiger partial charge in [-0.15, -0.1) is 0 Å². The number of aromatic hydroxyl groups is 1. The van der Waals surface area contributed by atoms with Gasteiger partial charge in [0.05, 0.1) is 13.2 Å². The molecule has 1 unspecified atom stereocenters. The van der Waals surface area contributed by atoms with Crippen LogP contribution in [0, 0.1) is 0 Å². The number of para-hydroxylation sites is 1. The fourth-order valence-corrected chi connectivity index (χ4v) is 2.05. The lowest BCUT2D eigenvalue weighted by Gasteiger charge is -2.12. The second-order valence-corrected chi connectivity index (χ2v) is 4.23. The Morgan fingerprint density at radius 1 is 1.53 bits per heavy atom. The molecule has 1 heterocycles. The Balaban J connectivity index is 1.85. The van der Waals surface area contributed by atoms with Gasteiger partial charge in [0.15, 0.2) is 11.5 Å². The molecule has 4 nitrogen and oxygen atoms in total. The second-order valence-electron chi connectivity index (χ2n) is 4.23. The maximum Gasteiger partial charge on any atom is 0.162 e. The first-order valence-corrected chi connectivity index (χ1v) is 5.98. The predicted molar refractivity (Wildman–Crippen MR) is 65.3 cm³/mol. The van der Waals surface area contributed by atoms with E-state index in [1.165, 1.54) is 0 Å². The number of rotatable bonds is 5. The van der Waals surface area contributed by atoms with Crippen molar-refractivity contribution in [2.75, 3.05) is 20.3 Å². The van der Waals surface area contributed by atoms with Crippen molar-refractivity contribution in [3.05, 3.63) is 23.8 Å². The van der Waals surface area contributed by atoms with Crippen molar-refractivity contribution in [2.24, 2.45) is 0 Å². The third-order valence-electron chi connectivity index (χ3n) is 3.01. The topological polar surface area (TPSA) is 50.7 Å². The summed E-state index contributed by atoms with van der Waals surface area (Å²) in [6.07, 6.45) is 2.59. The molecule has 94 valence electrons. The van der Waals surface area contributed by atoms with Gasteiger partial charge in [-0.3, -0.25) is 0 Å². The Bertz CT molecular complexity index is 362. The number of methoxy groups -OCH3 is 1. The molecule has 1 aromatic carbocycles. The van der Waals surface area contributed by atoms with Gasteiger partial charge in [-0.05, 0) is 18.9 Å². The number of nitrogens with one attached hydrogen (secondary N) is 1. The third-order valence-corrected chi connectivity index (χ3v) is 3.01. The van der Waals surface area contributed by atoms with Crippen LogP contribution in [0.3, 0.4) is 0 Å². The van der Waals surface area contributed by atoms with Crippen LogP contribution in [0.25, 0.3) is 0 Å². The summed E-state index contributed by atoms with van der Waals surface area (Å²) < 4.78 is 10.6. The zero-order valence-electron chi connectivity index (χ0n) is 10.1. The van der Waals surface area contributed by atoms with E-state index in [0.29, 0.717) is 18.4 Å². The highest BCUT2D eigenvalue weighted by Gasteiger charge is 2.15. The van der Waals surface area contributed by atoms with Crippen molar-refractivity contribution in [3.63, 3.8) is 0 Å². The van der Waals surface area contributed by atoms with E-state index < -0.39 is 0 Å². The molecule has 1 aliphatic rings. The van der Waals surface area contributed by atoms with Gasteiger partial charge in [0.25, 0.3) is 0 Å². The molecule has 17 heavy (non-hydrogen) atoms. The summed E-state index contributed by atoms with van der Waals surface area (Å²) >= 11 is 0. The van der Waals surface area contributed by atoms with Gasteiger partial charge in [0.1, 0.15) is 0 Å². The molecule has 4 heteroatoms. The minimum absolute atomic E-state index is 0.217. The van der Waals surface area contributed by atoms with Crippen molar-refractivity contribution in [2.45, 2.75) is 25.5 Å². The summed E-state index contributed by atoms with van der Waals surface area (Å²) in [6.45, 7) is 2.33. The zero-order chi connectivity index (χ0) is 12.1. The molecule has 2 N–H and O–H groups in total. The van der Waals surface area contributed by atoms with Crippen LogP contribution < -0.4 is 10.1 Å². The molecule has 1 aliphatic heterocycles. The molecule has 0 aliphatic carbocycles. The Morgan fingerprint density at radius 2 is 2.41 bits per heavy atom. The molecular formula is C13H19NO3. The van der Waals surface area contributed by atoms with Crippen LogP contribution in [0.4, 0.5) is 0 Å². The van der Waals surface area contributed by atoms with E-state index in [0.717, 1.165) is 31.6 Å².